The molecule has 2 fully saturated rings. The predicted octanol–water partition coefficient (Wildman–Crippen LogP) is 0.111. The fraction of sp³-hybridized carbons (Fsp3) is 0.923. The van der Waals surface area contributed by atoms with Crippen molar-refractivity contribution in [1.29, 1.82) is 0 Å². The Morgan fingerprint density at radius 3 is 2.45 bits per heavy atom. The molecule has 1 aliphatic heterocycles. The molecule has 2 rings (SSSR count). The van der Waals surface area contributed by atoms with Crippen LogP contribution in [0, 0.1) is 5.92 Å². The van der Waals surface area contributed by atoms with Crippen molar-refractivity contribution in [3.8, 4) is 0 Å². The second-order valence-corrected chi connectivity index (χ2v) is 8.50. The Kier molecular flexibility index (Phi) is 4.41. The van der Waals surface area contributed by atoms with Crippen LogP contribution in [-0.4, -0.2) is 65.7 Å². The van der Waals surface area contributed by atoms with E-state index in [4.69, 9.17) is 5.11 Å². The van der Waals surface area contributed by atoms with Gasteiger partial charge in [0.25, 0.3) is 0 Å². The van der Waals surface area contributed by atoms with E-state index in [0.29, 0.717) is 38.8 Å². The lowest BCUT2D eigenvalue weighted by Crippen LogP contribution is -2.54. The third-order valence-corrected chi connectivity index (χ3v) is 6.37. The van der Waals surface area contributed by atoms with E-state index in [1.807, 2.05) is 11.8 Å². The van der Waals surface area contributed by atoms with Crippen LogP contribution < -0.4 is 0 Å². The van der Waals surface area contributed by atoms with E-state index < -0.39 is 21.4 Å². The zero-order chi connectivity index (χ0) is 15.0. The highest BCUT2D eigenvalue weighted by Gasteiger charge is 2.39. The molecule has 1 aliphatic carbocycles. The topological polar surface area (TPSA) is 94.9 Å². The van der Waals surface area contributed by atoms with Gasteiger partial charge in [-0.15, -0.1) is 0 Å². The van der Waals surface area contributed by atoms with Crippen molar-refractivity contribution in [3.05, 3.63) is 0 Å². The van der Waals surface area contributed by atoms with E-state index >= 15 is 0 Å². The minimum atomic E-state index is -2.95. The Morgan fingerprint density at radius 2 is 1.95 bits per heavy atom. The lowest BCUT2D eigenvalue weighted by Gasteiger charge is -2.42. The Hall–Kier alpha value is -0.660. The molecule has 0 aromatic heterocycles. The van der Waals surface area contributed by atoms with Crippen LogP contribution in [0.2, 0.25) is 0 Å². The van der Waals surface area contributed by atoms with E-state index in [-0.39, 0.29) is 23.5 Å². The summed E-state index contributed by atoms with van der Waals surface area (Å²) < 4.78 is 23.1. The maximum atomic E-state index is 11.5. The van der Waals surface area contributed by atoms with Gasteiger partial charge in [-0.2, -0.15) is 0 Å². The summed E-state index contributed by atoms with van der Waals surface area (Å²) in [6, 6.07) is -0.0880. The Balaban J connectivity index is 1.92. The van der Waals surface area contributed by atoms with Crippen LogP contribution in [0.15, 0.2) is 0 Å². The highest BCUT2D eigenvalue weighted by Crippen LogP contribution is 2.33. The van der Waals surface area contributed by atoms with Crippen LogP contribution in [0.3, 0.4) is 0 Å². The molecule has 1 saturated carbocycles. The Bertz CT molecular complexity index is 467. The molecule has 0 radical (unpaired) electrons. The van der Waals surface area contributed by atoms with Crippen molar-refractivity contribution in [2.75, 3.05) is 24.6 Å². The van der Waals surface area contributed by atoms with Gasteiger partial charge in [-0.05, 0) is 32.6 Å². The minimum Gasteiger partial charge on any atom is -0.481 e. The average Bonchev–Trinajstić information content (AvgIpc) is 2.33. The summed E-state index contributed by atoms with van der Waals surface area (Å²) in [6.45, 7) is 2.76. The van der Waals surface area contributed by atoms with Crippen LogP contribution in [0.25, 0.3) is 0 Å². The van der Waals surface area contributed by atoms with Crippen molar-refractivity contribution in [2.45, 2.75) is 44.2 Å². The minimum absolute atomic E-state index is 0.0880. The number of hydrogen-bond acceptors (Lipinski definition) is 5. The smallest absolute Gasteiger partial charge is 0.306 e. The number of carbonyl (C=O) groups is 1. The van der Waals surface area contributed by atoms with Gasteiger partial charge in [-0.1, -0.05) is 0 Å². The van der Waals surface area contributed by atoms with E-state index in [1.54, 1.807) is 0 Å². The fourth-order valence-electron chi connectivity index (χ4n) is 3.21. The van der Waals surface area contributed by atoms with Crippen molar-refractivity contribution >= 4 is 15.8 Å². The SMILES string of the molecule is CC1CS(=O)(=O)CCN1CC1(O)CCC(C(=O)O)CC1. The van der Waals surface area contributed by atoms with Gasteiger partial charge in [0.15, 0.2) is 9.84 Å². The molecule has 0 aromatic carbocycles. The molecule has 2 N–H and O–H groups in total. The molecule has 1 unspecified atom stereocenters. The molecule has 0 bridgehead atoms. The normalized spacial score (nSPS) is 38.5. The number of aliphatic carboxylic acids is 1. The van der Waals surface area contributed by atoms with Gasteiger partial charge in [0.05, 0.1) is 23.0 Å². The number of hydrogen-bond donors (Lipinski definition) is 2. The zero-order valence-corrected chi connectivity index (χ0v) is 12.6. The van der Waals surface area contributed by atoms with E-state index in [9.17, 15) is 18.3 Å². The fourth-order valence-corrected chi connectivity index (χ4v) is 4.83. The standard InChI is InChI=1S/C13H23NO5S/c1-10-8-20(18,19)7-6-14(10)9-13(17)4-2-11(3-5-13)12(15)16/h10-11,17H,2-9H2,1H3,(H,15,16). The highest BCUT2D eigenvalue weighted by molar-refractivity contribution is 7.91. The lowest BCUT2D eigenvalue weighted by atomic mass is 9.78. The van der Waals surface area contributed by atoms with Crippen molar-refractivity contribution < 1.29 is 23.4 Å². The van der Waals surface area contributed by atoms with Gasteiger partial charge in [0.2, 0.25) is 0 Å². The summed E-state index contributed by atoms with van der Waals surface area (Å²) in [7, 11) is -2.95. The lowest BCUT2D eigenvalue weighted by molar-refractivity contribution is -0.145. The molecule has 6 nitrogen and oxygen atoms in total. The predicted molar refractivity (Wildman–Crippen MR) is 74.2 cm³/mol. The Labute approximate surface area is 119 Å². The number of sulfone groups is 1. The number of carboxylic acids is 1. The summed E-state index contributed by atoms with van der Waals surface area (Å²) in [5.74, 6) is -0.856. The molecule has 0 aromatic rings. The second-order valence-electron chi connectivity index (χ2n) is 6.27. The summed E-state index contributed by atoms with van der Waals surface area (Å²) in [5.41, 5.74) is -0.874. The van der Waals surface area contributed by atoms with Crippen LogP contribution in [0.1, 0.15) is 32.6 Å². The zero-order valence-electron chi connectivity index (χ0n) is 11.8. The molecule has 0 amide bonds. The first-order valence-electron chi connectivity index (χ1n) is 7.10. The Morgan fingerprint density at radius 1 is 1.35 bits per heavy atom. The van der Waals surface area contributed by atoms with Crippen molar-refractivity contribution in [3.63, 3.8) is 0 Å². The third kappa shape index (κ3) is 3.71. The van der Waals surface area contributed by atoms with Gasteiger partial charge in [0.1, 0.15) is 0 Å². The molecular formula is C13H23NO5S. The maximum absolute atomic E-state index is 11.5. The van der Waals surface area contributed by atoms with Gasteiger partial charge in [-0.25, -0.2) is 8.42 Å². The van der Waals surface area contributed by atoms with Gasteiger partial charge < -0.3 is 10.2 Å². The largest absolute Gasteiger partial charge is 0.481 e. The van der Waals surface area contributed by atoms with E-state index in [1.165, 1.54) is 0 Å². The summed E-state index contributed by atoms with van der Waals surface area (Å²) in [6.07, 6.45) is 1.93. The van der Waals surface area contributed by atoms with E-state index in [2.05, 4.69) is 0 Å². The second kappa shape index (κ2) is 5.61. The summed E-state index contributed by atoms with van der Waals surface area (Å²) in [5, 5.41) is 19.6. The van der Waals surface area contributed by atoms with Crippen LogP contribution in [0.4, 0.5) is 0 Å². The molecule has 2 aliphatic rings. The van der Waals surface area contributed by atoms with Gasteiger partial charge in [-0.3, -0.25) is 9.69 Å². The molecule has 1 heterocycles. The molecule has 116 valence electrons. The molecular weight excluding hydrogens is 282 g/mol. The summed E-state index contributed by atoms with van der Waals surface area (Å²) in [4.78, 5) is 12.9. The molecule has 20 heavy (non-hydrogen) atoms. The van der Waals surface area contributed by atoms with Crippen LogP contribution in [-0.2, 0) is 14.6 Å². The first kappa shape index (κ1) is 15.7. The number of nitrogens with zero attached hydrogens (tertiary/aromatic N) is 1. The van der Waals surface area contributed by atoms with Crippen LogP contribution >= 0.6 is 0 Å². The molecule has 1 atom stereocenters. The number of rotatable bonds is 3. The first-order valence-corrected chi connectivity index (χ1v) is 8.93. The molecule has 0 spiro atoms. The monoisotopic (exact) mass is 305 g/mol. The van der Waals surface area contributed by atoms with Crippen molar-refractivity contribution in [1.82, 2.24) is 4.90 Å². The molecule has 1 saturated heterocycles. The number of aliphatic hydroxyl groups is 1. The maximum Gasteiger partial charge on any atom is 0.306 e. The quantitative estimate of drug-likeness (QED) is 0.768. The van der Waals surface area contributed by atoms with Gasteiger partial charge in [0, 0.05) is 19.1 Å². The van der Waals surface area contributed by atoms with E-state index in [0.717, 1.165) is 0 Å². The molecule has 7 heteroatoms. The van der Waals surface area contributed by atoms with Gasteiger partial charge >= 0.3 is 5.97 Å². The number of β-amino-alcohol motifs (C(OH)–C–C–N with tert-alkyl or cyclic N) is 1. The number of carboxylic acid groups (broad SMARTS) is 1. The highest BCUT2D eigenvalue weighted by atomic mass is 32.2. The van der Waals surface area contributed by atoms with Crippen molar-refractivity contribution in [2.24, 2.45) is 5.92 Å². The third-order valence-electron chi connectivity index (χ3n) is 4.57. The summed E-state index contributed by atoms with van der Waals surface area (Å²) >= 11 is 0. The van der Waals surface area contributed by atoms with Crippen LogP contribution in [0.5, 0.6) is 0 Å². The average molecular weight is 305 g/mol. The first-order chi connectivity index (χ1) is 9.21.